The van der Waals surface area contributed by atoms with Crippen molar-refractivity contribution in [1.82, 2.24) is 14.7 Å². The summed E-state index contributed by atoms with van der Waals surface area (Å²) in [6.07, 6.45) is 0. The number of fused-ring (bicyclic) bond motifs is 6. The van der Waals surface area contributed by atoms with Crippen molar-refractivity contribution in [2.45, 2.75) is 24.8 Å². The maximum atomic E-state index is 13.9. The van der Waals surface area contributed by atoms with Gasteiger partial charge in [-0.15, -0.1) is 0 Å². The number of likely N-dealkylation sites (N-methyl/N-ethyl adjacent to an activating group) is 1. The van der Waals surface area contributed by atoms with Crippen LogP contribution in [-0.2, 0) is 18.8 Å². The summed E-state index contributed by atoms with van der Waals surface area (Å²) in [6, 6.07) is 25.7. The van der Waals surface area contributed by atoms with Gasteiger partial charge in [0.1, 0.15) is 6.04 Å². The summed E-state index contributed by atoms with van der Waals surface area (Å²) in [6.45, 7) is 0.958. The fourth-order valence-electron chi connectivity index (χ4n) is 5.79. The molecular weight excluding hydrogens is 400 g/mol. The molecule has 160 valence electrons. The van der Waals surface area contributed by atoms with Crippen LogP contribution in [0.25, 0.3) is 0 Å². The lowest BCUT2D eigenvalue weighted by atomic mass is 9.82. The second-order valence-corrected chi connectivity index (χ2v) is 8.73. The highest BCUT2D eigenvalue weighted by atomic mass is 16.2. The number of nitrogens with zero attached hydrogens (tertiary/aromatic N) is 4. The standard InChI is InChI=1S/C26H24N4O2/c1-27-22-15-9-8-14-21(22)26(30(24(27)31)16-18-10-4-3-5-11-18)23-20-13-7-6-12-19(20)17-29(23)25(32)28(26)2/h3-15,23H,16-17H2,1-2H3. The molecular formula is C26H24N4O2. The Hall–Kier alpha value is -3.80. The third-order valence-corrected chi connectivity index (χ3v) is 7.20. The Balaban J connectivity index is 1.65. The first-order valence-electron chi connectivity index (χ1n) is 10.9. The molecule has 0 aromatic heterocycles. The highest BCUT2D eigenvalue weighted by Gasteiger charge is 2.66. The lowest BCUT2D eigenvalue weighted by Crippen LogP contribution is -2.64. The Bertz CT molecular complexity index is 1240. The van der Waals surface area contributed by atoms with Crippen LogP contribution in [0.1, 0.15) is 28.3 Å². The number of rotatable bonds is 2. The van der Waals surface area contributed by atoms with Crippen LogP contribution in [0, 0.1) is 0 Å². The lowest BCUT2D eigenvalue weighted by molar-refractivity contribution is -0.00806. The van der Waals surface area contributed by atoms with E-state index in [4.69, 9.17) is 0 Å². The quantitative estimate of drug-likeness (QED) is 0.607. The van der Waals surface area contributed by atoms with Crippen molar-refractivity contribution in [3.05, 3.63) is 101 Å². The second-order valence-electron chi connectivity index (χ2n) is 8.73. The smallest absolute Gasteiger partial charge is 0.308 e. The Morgan fingerprint density at radius 2 is 1.53 bits per heavy atom. The minimum absolute atomic E-state index is 0.0589. The molecule has 1 spiro atoms. The molecule has 3 aliphatic rings. The monoisotopic (exact) mass is 424 g/mol. The molecule has 6 nitrogen and oxygen atoms in total. The van der Waals surface area contributed by atoms with E-state index < -0.39 is 5.66 Å². The van der Waals surface area contributed by atoms with Crippen molar-refractivity contribution in [3.63, 3.8) is 0 Å². The van der Waals surface area contributed by atoms with Gasteiger partial charge < -0.3 is 4.90 Å². The van der Waals surface area contributed by atoms with Crippen LogP contribution in [0.2, 0.25) is 0 Å². The summed E-state index contributed by atoms with van der Waals surface area (Å²) in [4.78, 5) is 34.8. The van der Waals surface area contributed by atoms with Crippen molar-refractivity contribution in [2.24, 2.45) is 0 Å². The number of para-hydroxylation sites is 1. The van der Waals surface area contributed by atoms with E-state index in [0.717, 1.165) is 27.9 Å². The van der Waals surface area contributed by atoms with Gasteiger partial charge in [0.2, 0.25) is 0 Å². The fourth-order valence-corrected chi connectivity index (χ4v) is 5.79. The first-order chi connectivity index (χ1) is 15.5. The molecule has 3 aliphatic heterocycles. The number of amides is 4. The maximum absolute atomic E-state index is 13.9. The Morgan fingerprint density at radius 3 is 2.34 bits per heavy atom. The normalized spacial score (nSPS) is 23.6. The van der Waals surface area contributed by atoms with Gasteiger partial charge in [-0.25, -0.2) is 9.59 Å². The Labute approximate surface area is 187 Å². The number of carbonyl (C=O) groups excluding carboxylic acids is 2. The topological polar surface area (TPSA) is 47.1 Å². The molecule has 32 heavy (non-hydrogen) atoms. The summed E-state index contributed by atoms with van der Waals surface area (Å²) in [5.74, 6) is 0. The van der Waals surface area contributed by atoms with Gasteiger partial charge in [0, 0.05) is 26.2 Å². The van der Waals surface area contributed by atoms with Gasteiger partial charge in [0.15, 0.2) is 5.66 Å². The molecule has 3 aromatic carbocycles. The molecule has 2 atom stereocenters. The summed E-state index contributed by atoms with van der Waals surface area (Å²) < 4.78 is 0. The Morgan fingerprint density at radius 1 is 0.844 bits per heavy atom. The van der Waals surface area contributed by atoms with E-state index >= 15 is 0 Å². The molecule has 6 rings (SSSR count). The van der Waals surface area contributed by atoms with E-state index in [9.17, 15) is 9.59 Å². The van der Waals surface area contributed by atoms with Crippen LogP contribution in [0.15, 0.2) is 78.9 Å². The molecule has 1 saturated heterocycles. The highest BCUT2D eigenvalue weighted by Crippen LogP contribution is 2.59. The summed E-state index contributed by atoms with van der Waals surface area (Å²) in [5, 5.41) is 0. The van der Waals surface area contributed by atoms with Gasteiger partial charge in [0.05, 0.1) is 12.2 Å². The van der Waals surface area contributed by atoms with Gasteiger partial charge in [-0.2, -0.15) is 0 Å². The lowest BCUT2D eigenvalue weighted by Gasteiger charge is -2.53. The zero-order valence-corrected chi connectivity index (χ0v) is 18.1. The van der Waals surface area contributed by atoms with Crippen LogP contribution < -0.4 is 4.90 Å². The largest absolute Gasteiger partial charge is 0.326 e. The van der Waals surface area contributed by atoms with Crippen LogP contribution >= 0.6 is 0 Å². The van der Waals surface area contributed by atoms with Crippen molar-refractivity contribution < 1.29 is 9.59 Å². The maximum Gasteiger partial charge on any atom is 0.326 e. The van der Waals surface area contributed by atoms with E-state index in [-0.39, 0.29) is 18.1 Å². The summed E-state index contributed by atoms with van der Waals surface area (Å²) >= 11 is 0. The first kappa shape index (κ1) is 18.9. The molecule has 2 unspecified atom stereocenters. The number of hydrogen-bond donors (Lipinski definition) is 0. The van der Waals surface area contributed by atoms with Crippen LogP contribution in [0.3, 0.4) is 0 Å². The molecule has 0 bridgehead atoms. The summed E-state index contributed by atoms with van der Waals surface area (Å²) in [7, 11) is 3.64. The molecule has 0 aliphatic carbocycles. The SMILES string of the molecule is CN1C(=O)N(Cc2ccccc2)C2(c3ccccc31)C1c3ccccc3CN1C(=O)N2C. The Kier molecular flexibility index (Phi) is 3.90. The van der Waals surface area contributed by atoms with Crippen molar-refractivity contribution in [2.75, 3.05) is 19.0 Å². The van der Waals surface area contributed by atoms with Gasteiger partial charge in [0.25, 0.3) is 0 Å². The molecule has 1 fully saturated rings. The van der Waals surface area contributed by atoms with E-state index in [1.54, 1.807) is 9.80 Å². The van der Waals surface area contributed by atoms with Crippen LogP contribution in [0.5, 0.6) is 0 Å². The number of anilines is 1. The van der Waals surface area contributed by atoms with E-state index in [1.165, 1.54) is 0 Å². The average molecular weight is 425 g/mol. The molecule has 0 saturated carbocycles. The molecule has 6 heteroatoms. The van der Waals surface area contributed by atoms with Crippen molar-refractivity contribution in [3.8, 4) is 0 Å². The minimum Gasteiger partial charge on any atom is -0.308 e. The second kappa shape index (κ2) is 6.60. The van der Waals surface area contributed by atoms with E-state index in [0.29, 0.717) is 13.1 Å². The van der Waals surface area contributed by atoms with Crippen LogP contribution in [-0.4, -0.2) is 40.9 Å². The molecule has 3 heterocycles. The predicted octanol–water partition coefficient (Wildman–Crippen LogP) is 4.53. The number of benzene rings is 3. The zero-order chi connectivity index (χ0) is 22.0. The highest BCUT2D eigenvalue weighted by molar-refractivity contribution is 5.97. The van der Waals surface area contributed by atoms with E-state index in [2.05, 4.69) is 18.2 Å². The number of carbonyl (C=O) groups is 2. The van der Waals surface area contributed by atoms with E-state index in [1.807, 2.05) is 84.6 Å². The predicted molar refractivity (Wildman–Crippen MR) is 122 cm³/mol. The summed E-state index contributed by atoms with van der Waals surface area (Å²) in [5.41, 5.74) is 4.14. The zero-order valence-electron chi connectivity index (χ0n) is 18.1. The molecule has 3 aromatic rings. The minimum atomic E-state index is -0.945. The number of urea groups is 2. The molecule has 0 radical (unpaired) electrons. The fraction of sp³-hybridized carbons (Fsp3) is 0.231. The number of hydrogen-bond acceptors (Lipinski definition) is 2. The van der Waals surface area contributed by atoms with Gasteiger partial charge in [-0.1, -0.05) is 72.8 Å². The average Bonchev–Trinajstić information content (AvgIpc) is 3.31. The van der Waals surface area contributed by atoms with Gasteiger partial charge >= 0.3 is 12.1 Å². The van der Waals surface area contributed by atoms with Crippen LogP contribution in [0.4, 0.5) is 15.3 Å². The van der Waals surface area contributed by atoms with Crippen molar-refractivity contribution in [1.29, 1.82) is 0 Å². The van der Waals surface area contributed by atoms with Gasteiger partial charge in [-0.3, -0.25) is 14.7 Å². The van der Waals surface area contributed by atoms with Gasteiger partial charge in [-0.05, 0) is 22.8 Å². The molecule has 0 N–H and O–H groups in total. The molecule has 4 amide bonds. The third kappa shape index (κ3) is 2.24. The third-order valence-electron chi connectivity index (χ3n) is 7.20. The first-order valence-corrected chi connectivity index (χ1v) is 10.9. The van der Waals surface area contributed by atoms with Crippen molar-refractivity contribution >= 4 is 17.7 Å².